The molecule has 5 heteroatoms. The Hall–Kier alpha value is -1.46. The second kappa shape index (κ2) is 5.25. The lowest BCUT2D eigenvalue weighted by Crippen LogP contribution is -2.32. The fourth-order valence-corrected chi connectivity index (χ4v) is 1.93. The summed E-state index contributed by atoms with van der Waals surface area (Å²) in [4.78, 5) is 13.5. The van der Waals surface area contributed by atoms with Gasteiger partial charge in [-0.3, -0.25) is 9.69 Å². The minimum Gasteiger partial charge on any atom is -0.392 e. The Kier molecular flexibility index (Phi) is 3.71. The summed E-state index contributed by atoms with van der Waals surface area (Å²) in [5.41, 5.74) is 0.453. The van der Waals surface area contributed by atoms with Gasteiger partial charge in [-0.25, -0.2) is 4.39 Å². The highest BCUT2D eigenvalue weighted by atomic mass is 19.1. The van der Waals surface area contributed by atoms with Crippen LogP contribution in [-0.4, -0.2) is 41.7 Å². The molecule has 2 N–H and O–H groups in total. The lowest BCUT2D eigenvalue weighted by molar-refractivity contribution is -0.117. The SMILES string of the molecule is O=C(CN1CCC(O)C1)Nc1cccc(F)c1. The largest absolute Gasteiger partial charge is 0.392 e. The highest BCUT2D eigenvalue weighted by Gasteiger charge is 2.21. The summed E-state index contributed by atoms with van der Waals surface area (Å²) in [5.74, 6) is -0.566. The topological polar surface area (TPSA) is 52.6 Å². The number of likely N-dealkylation sites (tertiary alicyclic amines) is 1. The standard InChI is InChI=1S/C12H15FN2O2/c13-9-2-1-3-10(6-9)14-12(17)8-15-5-4-11(16)7-15/h1-3,6,11,16H,4-5,7-8H2,(H,14,17). The van der Waals surface area contributed by atoms with E-state index in [1.54, 1.807) is 12.1 Å². The van der Waals surface area contributed by atoms with Crippen LogP contribution < -0.4 is 5.32 Å². The molecular formula is C12H15FN2O2. The molecular weight excluding hydrogens is 223 g/mol. The van der Waals surface area contributed by atoms with Crippen LogP contribution in [0.4, 0.5) is 10.1 Å². The molecule has 0 radical (unpaired) electrons. The minimum atomic E-state index is -0.376. The Bertz CT molecular complexity index is 411. The number of hydrogen-bond acceptors (Lipinski definition) is 3. The Labute approximate surface area is 99.0 Å². The molecule has 0 aliphatic carbocycles. The maximum absolute atomic E-state index is 12.9. The summed E-state index contributed by atoms with van der Waals surface area (Å²) < 4.78 is 12.9. The van der Waals surface area contributed by atoms with E-state index >= 15 is 0 Å². The third-order valence-corrected chi connectivity index (χ3v) is 2.72. The normalized spacial score (nSPS) is 20.5. The maximum Gasteiger partial charge on any atom is 0.238 e. The molecule has 0 saturated carbocycles. The van der Waals surface area contributed by atoms with Crippen LogP contribution in [0, 0.1) is 5.82 Å². The summed E-state index contributed by atoms with van der Waals surface area (Å²) in [6.07, 6.45) is 0.365. The van der Waals surface area contributed by atoms with Crippen molar-refractivity contribution in [2.75, 3.05) is 25.0 Å². The molecule has 1 atom stereocenters. The number of carbonyl (C=O) groups excluding carboxylic acids is 1. The number of nitrogens with one attached hydrogen (secondary N) is 1. The molecule has 1 heterocycles. The zero-order valence-corrected chi connectivity index (χ0v) is 9.40. The van der Waals surface area contributed by atoms with E-state index in [-0.39, 0.29) is 24.4 Å². The fraction of sp³-hybridized carbons (Fsp3) is 0.417. The number of nitrogens with zero attached hydrogens (tertiary/aromatic N) is 1. The molecule has 17 heavy (non-hydrogen) atoms. The van der Waals surface area contributed by atoms with Gasteiger partial charge in [0.25, 0.3) is 0 Å². The van der Waals surface area contributed by atoms with Crippen molar-refractivity contribution >= 4 is 11.6 Å². The van der Waals surface area contributed by atoms with E-state index in [0.717, 1.165) is 6.54 Å². The molecule has 1 aromatic rings. The van der Waals surface area contributed by atoms with Crippen LogP contribution in [0.2, 0.25) is 0 Å². The Balaban J connectivity index is 1.85. The fourth-order valence-electron chi connectivity index (χ4n) is 1.93. The van der Waals surface area contributed by atoms with E-state index in [9.17, 15) is 14.3 Å². The average Bonchev–Trinajstić information content (AvgIpc) is 2.63. The first-order chi connectivity index (χ1) is 8.13. The number of β-amino-alcohol motifs (C(OH)–C–C–N with tert-alkyl or cyclic N) is 1. The summed E-state index contributed by atoms with van der Waals surface area (Å²) in [6.45, 7) is 1.47. The van der Waals surface area contributed by atoms with Gasteiger partial charge in [0, 0.05) is 18.8 Å². The van der Waals surface area contributed by atoms with Gasteiger partial charge in [-0.15, -0.1) is 0 Å². The predicted molar refractivity (Wildman–Crippen MR) is 62.1 cm³/mol. The summed E-state index contributed by atoms with van der Waals surface area (Å²) >= 11 is 0. The van der Waals surface area contributed by atoms with Gasteiger partial charge in [-0.2, -0.15) is 0 Å². The van der Waals surface area contributed by atoms with Crippen molar-refractivity contribution in [3.8, 4) is 0 Å². The molecule has 0 spiro atoms. The third kappa shape index (κ3) is 3.51. The van der Waals surface area contributed by atoms with Crippen molar-refractivity contribution in [1.29, 1.82) is 0 Å². The molecule has 1 saturated heterocycles. The number of benzene rings is 1. The number of amides is 1. The number of aliphatic hydroxyl groups excluding tert-OH is 1. The molecule has 2 rings (SSSR count). The molecule has 4 nitrogen and oxygen atoms in total. The highest BCUT2D eigenvalue weighted by Crippen LogP contribution is 2.11. The maximum atomic E-state index is 12.9. The van der Waals surface area contributed by atoms with Gasteiger partial charge in [0.05, 0.1) is 12.6 Å². The number of carbonyl (C=O) groups is 1. The van der Waals surface area contributed by atoms with Crippen molar-refractivity contribution in [3.63, 3.8) is 0 Å². The monoisotopic (exact) mass is 238 g/mol. The number of anilines is 1. The van der Waals surface area contributed by atoms with Gasteiger partial charge in [-0.05, 0) is 24.6 Å². The first kappa shape index (κ1) is 12.0. The number of hydrogen-bond donors (Lipinski definition) is 2. The van der Waals surface area contributed by atoms with Gasteiger partial charge >= 0.3 is 0 Å². The molecule has 1 aromatic carbocycles. The van der Waals surface area contributed by atoms with Crippen molar-refractivity contribution in [2.24, 2.45) is 0 Å². The highest BCUT2D eigenvalue weighted by molar-refractivity contribution is 5.92. The summed E-state index contributed by atoms with van der Waals surface area (Å²) in [7, 11) is 0. The van der Waals surface area contributed by atoms with Gasteiger partial charge in [-0.1, -0.05) is 6.07 Å². The van der Waals surface area contributed by atoms with Gasteiger partial charge in [0.15, 0.2) is 0 Å². The Morgan fingerprint density at radius 1 is 1.59 bits per heavy atom. The van der Waals surface area contributed by atoms with E-state index in [2.05, 4.69) is 5.32 Å². The van der Waals surface area contributed by atoms with Crippen LogP contribution in [0.3, 0.4) is 0 Å². The number of halogens is 1. The molecule has 1 aliphatic heterocycles. The van der Waals surface area contributed by atoms with Gasteiger partial charge in [0.2, 0.25) is 5.91 Å². The number of rotatable bonds is 3. The second-order valence-electron chi connectivity index (χ2n) is 4.24. The van der Waals surface area contributed by atoms with Crippen LogP contribution in [-0.2, 0) is 4.79 Å². The Morgan fingerprint density at radius 3 is 3.06 bits per heavy atom. The average molecular weight is 238 g/mol. The smallest absolute Gasteiger partial charge is 0.238 e. The van der Waals surface area contributed by atoms with E-state index in [4.69, 9.17) is 0 Å². The van der Waals surface area contributed by atoms with Crippen molar-refractivity contribution in [3.05, 3.63) is 30.1 Å². The van der Waals surface area contributed by atoms with E-state index in [1.807, 2.05) is 4.90 Å². The summed E-state index contributed by atoms with van der Waals surface area (Å²) in [6, 6.07) is 5.79. The molecule has 92 valence electrons. The Morgan fingerprint density at radius 2 is 2.41 bits per heavy atom. The molecule has 1 fully saturated rings. The quantitative estimate of drug-likeness (QED) is 0.820. The zero-order valence-electron chi connectivity index (χ0n) is 9.40. The van der Waals surface area contributed by atoms with Crippen LogP contribution in [0.5, 0.6) is 0 Å². The molecule has 0 bridgehead atoms. The van der Waals surface area contributed by atoms with E-state index in [0.29, 0.717) is 18.7 Å². The van der Waals surface area contributed by atoms with Crippen molar-refractivity contribution < 1.29 is 14.3 Å². The van der Waals surface area contributed by atoms with Crippen LogP contribution in [0.1, 0.15) is 6.42 Å². The minimum absolute atomic E-state index is 0.190. The second-order valence-corrected chi connectivity index (χ2v) is 4.24. The van der Waals surface area contributed by atoms with Crippen LogP contribution >= 0.6 is 0 Å². The van der Waals surface area contributed by atoms with Gasteiger partial charge < -0.3 is 10.4 Å². The summed E-state index contributed by atoms with van der Waals surface area (Å²) in [5, 5.41) is 11.9. The lowest BCUT2D eigenvalue weighted by Gasteiger charge is -2.14. The predicted octanol–water partition coefficient (Wildman–Crippen LogP) is 0.831. The lowest BCUT2D eigenvalue weighted by atomic mass is 10.3. The van der Waals surface area contributed by atoms with E-state index < -0.39 is 0 Å². The zero-order chi connectivity index (χ0) is 12.3. The first-order valence-electron chi connectivity index (χ1n) is 5.59. The third-order valence-electron chi connectivity index (χ3n) is 2.72. The van der Waals surface area contributed by atoms with Crippen LogP contribution in [0.15, 0.2) is 24.3 Å². The molecule has 1 amide bonds. The van der Waals surface area contributed by atoms with Gasteiger partial charge in [0.1, 0.15) is 5.82 Å². The van der Waals surface area contributed by atoms with Crippen molar-refractivity contribution in [2.45, 2.75) is 12.5 Å². The molecule has 0 aromatic heterocycles. The van der Waals surface area contributed by atoms with Crippen molar-refractivity contribution in [1.82, 2.24) is 4.90 Å². The molecule has 1 aliphatic rings. The van der Waals surface area contributed by atoms with Crippen LogP contribution in [0.25, 0.3) is 0 Å². The number of aliphatic hydroxyl groups is 1. The van der Waals surface area contributed by atoms with E-state index in [1.165, 1.54) is 12.1 Å². The molecule has 1 unspecified atom stereocenters. The first-order valence-corrected chi connectivity index (χ1v) is 5.59.